The van der Waals surface area contributed by atoms with E-state index >= 15 is 4.39 Å². The second kappa shape index (κ2) is 11.9. The first kappa shape index (κ1) is 27.1. The highest BCUT2D eigenvalue weighted by Crippen LogP contribution is 2.28. The lowest BCUT2D eigenvalue weighted by Crippen LogP contribution is -2.38. The number of likely N-dealkylation sites (tertiary alicyclic amines) is 1. The van der Waals surface area contributed by atoms with Gasteiger partial charge in [-0.2, -0.15) is 10.1 Å². The molecule has 5 heterocycles. The molecule has 12 nitrogen and oxygen atoms in total. The van der Waals surface area contributed by atoms with E-state index in [1.54, 1.807) is 24.5 Å². The van der Waals surface area contributed by atoms with Crippen LogP contribution in [0.1, 0.15) is 35.6 Å². The molecule has 6 aromatic rings. The highest BCUT2D eigenvalue weighted by Gasteiger charge is 2.24. The summed E-state index contributed by atoms with van der Waals surface area (Å²) in [7, 11) is 0. The van der Waals surface area contributed by atoms with Crippen molar-refractivity contribution < 1.29 is 9.13 Å². The van der Waals surface area contributed by atoms with Crippen LogP contribution in [-0.2, 0) is 19.5 Å². The van der Waals surface area contributed by atoms with Gasteiger partial charge in [-0.25, -0.2) is 19.5 Å². The normalized spacial score (nSPS) is 14.5. The molecule has 1 fully saturated rings. The minimum Gasteiger partial charge on any atom is -0.474 e. The van der Waals surface area contributed by atoms with Crippen molar-refractivity contribution >= 4 is 22.6 Å². The van der Waals surface area contributed by atoms with Crippen molar-refractivity contribution in [2.24, 2.45) is 0 Å². The number of hydrogen-bond donors (Lipinski definition) is 2. The molecule has 2 N–H and O–H groups in total. The zero-order valence-corrected chi connectivity index (χ0v) is 23.7. The van der Waals surface area contributed by atoms with E-state index in [4.69, 9.17) is 21.3 Å². The first-order chi connectivity index (χ1) is 21.1. The van der Waals surface area contributed by atoms with Gasteiger partial charge in [-0.3, -0.25) is 10.00 Å². The molecular weight excluding hydrogens is 573 g/mol. The van der Waals surface area contributed by atoms with Crippen molar-refractivity contribution in [3.63, 3.8) is 0 Å². The zero-order chi connectivity index (χ0) is 29.2. The number of aromatic nitrogens is 10. The summed E-state index contributed by atoms with van der Waals surface area (Å²) in [5.41, 5.74) is 3.69. The smallest absolute Gasteiger partial charge is 0.216 e. The molecule has 1 aliphatic heterocycles. The lowest BCUT2D eigenvalue weighted by atomic mass is 10.1. The predicted octanol–water partition coefficient (Wildman–Crippen LogP) is 4.20. The predicted molar refractivity (Wildman–Crippen MR) is 156 cm³/mol. The molecule has 7 rings (SSSR count). The lowest BCUT2D eigenvalue weighted by Gasteiger charge is -2.31. The maximum Gasteiger partial charge on any atom is 0.216 e. The molecule has 0 bridgehead atoms. The number of aromatic amines is 2. The van der Waals surface area contributed by atoms with Crippen LogP contribution in [-0.4, -0.2) is 74.4 Å². The summed E-state index contributed by atoms with van der Waals surface area (Å²) in [4.78, 5) is 16.3. The average molecular weight is 600 g/mol. The summed E-state index contributed by atoms with van der Waals surface area (Å²) in [5, 5.41) is 21.3. The fourth-order valence-corrected chi connectivity index (χ4v) is 5.49. The van der Waals surface area contributed by atoms with E-state index < -0.39 is 5.82 Å². The molecule has 1 aliphatic rings. The molecular formula is C29H27ClFN11O. The molecule has 14 heteroatoms. The van der Waals surface area contributed by atoms with Gasteiger partial charge < -0.3 is 9.30 Å². The van der Waals surface area contributed by atoms with Gasteiger partial charge in [0.1, 0.15) is 23.6 Å². The summed E-state index contributed by atoms with van der Waals surface area (Å²) in [6.45, 7) is 2.77. The molecule has 0 spiro atoms. The van der Waals surface area contributed by atoms with Crippen molar-refractivity contribution in [1.82, 2.24) is 55.2 Å². The molecule has 218 valence electrons. The Bertz CT molecular complexity index is 1820. The van der Waals surface area contributed by atoms with Crippen LogP contribution in [0.3, 0.4) is 0 Å². The number of H-pyrrole nitrogens is 2. The maximum absolute atomic E-state index is 15.2. The number of nitrogens with zero attached hydrogens (tertiary/aromatic N) is 9. The molecule has 0 atom stereocenters. The lowest BCUT2D eigenvalue weighted by molar-refractivity contribution is 0.0911. The zero-order valence-electron chi connectivity index (χ0n) is 23.0. The van der Waals surface area contributed by atoms with E-state index in [1.807, 2.05) is 35.0 Å². The van der Waals surface area contributed by atoms with Crippen molar-refractivity contribution in [2.45, 2.75) is 38.5 Å². The maximum atomic E-state index is 15.2. The molecule has 0 aliphatic carbocycles. The highest BCUT2D eigenvalue weighted by molar-refractivity contribution is 6.30. The second-order valence-electron chi connectivity index (χ2n) is 10.5. The second-order valence-corrected chi connectivity index (χ2v) is 10.9. The van der Waals surface area contributed by atoms with Gasteiger partial charge in [-0.05, 0) is 47.0 Å². The van der Waals surface area contributed by atoms with E-state index in [1.165, 1.54) is 6.07 Å². The number of fused-ring (bicyclic) bond motifs is 1. The van der Waals surface area contributed by atoms with Crippen LogP contribution in [0, 0.1) is 5.82 Å². The van der Waals surface area contributed by atoms with Gasteiger partial charge in [0.2, 0.25) is 5.88 Å². The van der Waals surface area contributed by atoms with Gasteiger partial charge in [0.15, 0.2) is 5.82 Å². The van der Waals surface area contributed by atoms with Gasteiger partial charge in [0, 0.05) is 54.6 Å². The molecule has 0 unspecified atom stereocenters. The molecule has 0 radical (unpaired) electrons. The number of nitrogens with one attached hydrogen (secondary N) is 2. The van der Waals surface area contributed by atoms with Crippen LogP contribution in [0.4, 0.5) is 4.39 Å². The first-order valence-corrected chi connectivity index (χ1v) is 14.3. The van der Waals surface area contributed by atoms with Crippen LogP contribution in [0.15, 0.2) is 61.1 Å². The Balaban J connectivity index is 1.04. The monoisotopic (exact) mass is 599 g/mol. The van der Waals surface area contributed by atoms with Crippen LogP contribution >= 0.6 is 11.6 Å². The SMILES string of the molecule is Fc1cc2c(cc1-c1nnn[nH]1)nc(CN1CCC(Oc3ccnc(Cc4ccc(Cl)cc4)n3)CC1)n2Cc1cn[nH]c1. The van der Waals surface area contributed by atoms with Crippen molar-refractivity contribution in [3.8, 4) is 17.3 Å². The number of rotatable bonds is 9. The third-order valence-corrected chi connectivity index (χ3v) is 7.81. The van der Waals surface area contributed by atoms with Crippen LogP contribution in [0.2, 0.25) is 5.02 Å². The fourth-order valence-electron chi connectivity index (χ4n) is 5.37. The van der Waals surface area contributed by atoms with Gasteiger partial charge in [0.05, 0.1) is 35.9 Å². The number of ether oxygens (including phenoxy) is 1. The number of hydrogen-bond acceptors (Lipinski definition) is 9. The Morgan fingerprint density at radius 1 is 1.02 bits per heavy atom. The molecule has 4 aromatic heterocycles. The van der Waals surface area contributed by atoms with Gasteiger partial charge in [-0.15, -0.1) is 5.10 Å². The first-order valence-electron chi connectivity index (χ1n) is 13.9. The molecule has 1 saturated heterocycles. The Morgan fingerprint density at radius 3 is 2.65 bits per heavy atom. The Morgan fingerprint density at radius 2 is 1.88 bits per heavy atom. The van der Waals surface area contributed by atoms with Gasteiger partial charge in [0.25, 0.3) is 0 Å². The minimum absolute atomic E-state index is 0.0476. The van der Waals surface area contributed by atoms with E-state index in [9.17, 15) is 0 Å². The van der Waals surface area contributed by atoms with Crippen LogP contribution in [0.5, 0.6) is 5.88 Å². The van der Waals surface area contributed by atoms with E-state index in [2.05, 4.69) is 45.7 Å². The molecule has 2 aromatic carbocycles. The third kappa shape index (κ3) is 6.08. The summed E-state index contributed by atoms with van der Waals surface area (Å²) >= 11 is 6.00. The fraction of sp³-hybridized carbons (Fsp3) is 0.276. The number of piperidine rings is 1. The quantitative estimate of drug-likeness (QED) is 0.250. The number of benzene rings is 2. The molecule has 0 saturated carbocycles. The van der Waals surface area contributed by atoms with Crippen LogP contribution in [0.25, 0.3) is 22.4 Å². The van der Waals surface area contributed by atoms with E-state index in [0.717, 1.165) is 42.9 Å². The van der Waals surface area contributed by atoms with E-state index in [-0.39, 0.29) is 17.5 Å². The summed E-state index contributed by atoms with van der Waals surface area (Å²) in [6, 6.07) is 12.7. The third-order valence-electron chi connectivity index (χ3n) is 7.55. The minimum atomic E-state index is -0.426. The Kier molecular flexibility index (Phi) is 7.47. The Labute approximate surface area is 250 Å². The Hall–Kier alpha value is -4.75. The van der Waals surface area contributed by atoms with E-state index in [0.29, 0.717) is 47.3 Å². The molecule has 43 heavy (non-hydrogen) atoms. The van der Waals surface area contributed by atoms with Crippen molar-refractivity contribution in [3.05, 3.63) is 94.7 Å². The highest BCUT2D eigenvalue weighted by atomic mass is 35.5. The topological polar surface area (TPSA) is 139 Å². The summed E-state index contributed by atoms with van der Waals surface area (Å²) < 4.78 is 23.5. The summed E-state index contributed by atoms with van der Waals surface area (Å²) in [5.74, 6) is 1.95. The average Bonchev–Trinajstić information content (AvgIpc) is 3.79. The van der Waals surface area contributed by atoms with Gasteiger partial charge >= 0.3 is 0 Å². The molecule has 0 amide bonds. The number of halogens is 2. The number of imidazole rings is 1. The van der Waals surface area contributed by atoms with Crippen molar-refractivity contribution in [2.75, 3.05) is 13.1 Å². The van der Waals surface area contributed by atoms with Crippen molar-refractivity contribution in [1.29, 1.82) is 0 Å². The number of tetrazole rings is 1. The van der Waals surface area contributed by atoms with Crippen LogP contribution < -0.4 is 4.74 Å². The van der Waals surface area contributed by atoms with Gasteiger partial charge in [-0.1, -0.05) is 23.7 Å². The summed E-state index contributed by atoms with van der Waals surface area (Å²) in [6.07, 6.45) is 7.67. The largest absolute Gasteiger partial charge is 0.474 e. The standard InChI is InChI=1S/C29H27ClFN11O/c30-20-3-1-18(2-4-20)11-26-32-8-5-28(36-26)43-21-6-9-41(10-7-21)17-27-35-24-12-22(29-37-39-40-38-29)23(31)13-25(24)42(27)16-19-14-33-34-15-19/h1-5,8,12-15,21H,6-7,9-11,16-17H2,(H,33,34)(H,37,38,39,40).